The van der Waals surface area contributed by atoms with E-state index in [1.54, 1.807) is 6.07 Å². The molecule has 2 fully saturated rings. The highest BCUT2D eigenvalue weighted by Crippen LogP contribution is 2.33. The molecule has 0 radical (unpaired) electrons. The molecule has 3 rings (SSSR count). The Morgan fingerprint density at radius 3 is 2.70 bits per heavy atom. The number of anilines is 1. The molecule has 2 aliphatic heterocycles. The molecule has 8 heteroatoms. The van der Waals surface area contributed by atoms with Crippen molar-refractivity contribution in [2.75, 3.05) is 18.0 Å². The Morgan fingerprint density at radius 1 is 1.20 bits per heavy atom. The van der Waals surface area contributed by atoms with Gasteiger partial charge in [-0.05, 0) is 18.2 Å². The van der Waals surface area contributed by atoms with Gasteiger partial charge in [0.2, 0.25) is 5.91 Å². The highest BCUT2D eigenvalue weighted by molar-refractivity contribution is 6.37. The molecule has 1 N–H and O–H groups in total. The van der Waals surface area contributed by atoms with Crippen molar-refractivity contribution in [1.82, 2.24) is 10.2 Å². The molecule has 0 spiro atoms. The van der Waals surface area contributed by atoms with Gasteiger partial charge in [-0.15, -0.1) is 0 Å². The summed E-state index contributed by atoms with van der Waals surface area (Å²) < 4.78 is 0. The Hall–Kier alpha value is -1.79. The van der Waals surface area contributed by atoms with Gasteiger partial charge in [0.1, 0.15) is 12.6 Å². The third-order valence-electron chi connectivity index (χ3n) is 3.27. The zero-order valence-corrected chi connectivity index (χ0v) is 11.6. The normalized spacial score (nSPS) is 22.1. The number of carbonyl (C=O) groups is 3. The third kappa shape index (κ3) is 1.92. The molecule has 6 nitrogen and oxygen atoms in total. The first kappa shape index (κ1) is 13.2. The van der Waals surface area contributed by atoms with Gasteiger partial charge in [0.15, 0.2) is 0 Å². The lowest BCUT2D eigenvalue weighted by Gasteiger charge is -2.26. The summed E-state index contributed by atoms with van der Waals surface area (Å²) in [6.45, 7) is -0.0258. The summed E-state index contributed by atoms with van der Waals surface area (Å²) in [5.74, 6) is -0.708. The van der Waals surface area contributed by atoms with Crippen molar-refractivity contribution in [2.45, 2.75) is 6.04 Å². The Bertz CT molecular complexity index is 634. The van der Waals surface area contributed by atoms with E-state index < -0.39 is 18.0 Å². The highest BCUT2D eigenvalue weighted by Gasteiger charge is 2.48. The van der Waals surface area contributed by atoms with E-state index in [0.29, 0.717) is 5.02 Å². The Kier molecular flexibility index (Phi) is 3.07. The molecule has 4 amide bonds. The molecule has 104 valence electrons. The van der Waals surface area contributed by atoms with Crippen LogP contribution in [0.15, 0.2) is 18.2 Å². The number of piperazine rings is 1. The molecule has 2 saturated heterocycles. The fourth-order valence-electron chi connectivity index (χ4n) is 2.31. The number of fused-ring (bicyclic) bond motifs is 1. The van der Waals surface area contributed by atoms with Crippen LogP contribution in [0.2, 0.25) is 10.0 Å². The van der Waals surface area contributed by atoms with Gasteiger partial charge in [0.05, 0.1) is 10.7 Å². The summed E-state index contributed by atoms with van der Waals surface area (Å²) in [6.07, 6.45) is 0. The van der Waals surface area contributed by atoms with Crippen LogP contribution in [0, 0.1) is 0 Å². The average Bonchev–Trinajstić information content (AvgIpc) is 2.65. The number of nitrogens with one attached hydrogen (secondary N) is 1. The van der Waals surface area contributed by atoms with Crippen molar-refractivity contribution in [1.29, 1.82) is 0 Å². The zero-order chi connectivity index (χ0) is 14.4. The van der Waals surface area contributed by atoms with Gasteiger partial charge in [-0.1, -0.05) is 23.2 Å². The largest absolute Gasteiger partial charge is 0.352 e. The predicted octanol–water partition coefficient (Wildman–Crippen LogP) is 1.26. The number of benzene rings is 1. The molecule has 1 aromatic rings. The second-order valence-electron chi connectivity index (χ2n) is 4.50. The lowest BCUT2D eigenvalue weighted by Crippen LogP contribution is -2.54. The molecule has 1 atom stereocenters. The van der Waals surface area contributed by atoms with Crippen LogP contribution in [-0.2, 0) is 9.59 Å². The quantitative estimate of drug-likeness (QED) is 0.794. The van der Waals surface area contributed by atoms with Crippen LogP contribution < -0.4 is 10.2 Å². The van der Waals surface area contributed by atoms with Crippen LogP contribution in [0.5, 0.6) is 0 Å². The maximum atomic E-state index is 12.3. The van der Waals surface area contributed by atoms with E-state index >= 15 is 0 Å². The van der Waals surface area contributed by atoms with Gasteiger partial charge in [0, 0.05) is 11.6 Å². The number of rotatable bonds is 1. The first-order valence-electron chi connectivity index (χ1n) is 5.85. The molecule has 0 aromatic heterocycles. The number of nitrogens with zero attached hydrogens (tertiary/aromatic N) is 2. The van der Waals surface area contributed by atoms with Crippen LogP contribution in [0.1, 0.15) is 0 Å². The molecule has 2 aliphatic rings. The summed E-state index contributed by atoms with van der Waals surface area (Å²) in [6, 6.07) is 3.29. The SMILES string of the molecule is O=C1CN2C(=O)N(c3cc(Cl)ccc3Cl)C(=O)[C@H]2CN1. The summed E-state index contributed by atoms with van der Waals surface area (Å²) in [7, 11) is 0. The van der Waals surface area contributed by atoms with E-state index in [-0.39, 0.29) is 29.7 Å². The van der Waals surface area contributed by atoms with E-state index in [4.69, 9.17) is 23.2 Å². The van der Waals surface area contributed by atoms with Gasteiger partial charge in [-0.3, -0.25) is 9.59 Å². The summed E-state index contributed by atoms with van der Waals surface area (Å²) in [5.41, 5.74) is 0.232. The summed E-state index contributed by atoms with van der Waals surface area (Å²) in [5, 5.41) is 3.17. The number of halogens is 2. The van der Waals surface area contributed by atoms with E-state index in [9.17, 15) is 14.4 Å². The number of urea groups is 1. The van der Waals surface area contributed by atoms with Gasteiger partial charge in [-0.2, -0.15) is 0 Å². The smallest absolute Gasteiger partial charge is 0.332 e. The van der Waals surface area contributed by atoms with E-state index in [2.05, 4.69) is 5.32 Å². The van der Waals surface area contributed by atoms with Crippen molar-refractivity contribution in [3.63, 3.8) is 0 Å². The molecular weight excluding hydrogens is 305 g/mol. The lowest BCUT2D eigenvalue weighted by molar-refractivity contribution is -0.126. The first-order chi connectivity index (χ1) is 9.49. The standard InChI is InChI=1S/C12H9Cl2N3O3/c13-6-1-2-7(14)8(3-6)17-11(19)9-4-15-10(18)5-16(9)12(17)20/h1-3,9H,4-5H2,(H,15,18)/t9-/m1/s1. The zero-order valence-electron chi connectivity index (χ0n) is 10.1. The fourth-order valence-corrected chi connectivity index (χ4v) is 2.68. The minimum absolute atomic E-state index is 0.109. The first-order valence-corrected chi connectivity index (χ1v) is 6.61. The Morgan fingerprint density at radius 2 is 1.95 bits per heavy atom. The van der Waals surface area contributed by atoms with Crippen LogP contribution in [0.3, 0.4) is 0 Å². The molecule has 0 bridgehead atoms. The number of amides is 4. The maximum Gasteiger partial charge on any atom is 0.332 e. The number of carbonyl (C=O) groups excluding carboxylic acids is 3. The van der Waals surface area contributed by atoms with Crippen molar-refractivity contribution in [3.05, 3.63) is 28.2 Å². The molecular formula is C12H9Cl2N3O3. The number of imide groups is 1. The van der Waals surface area contributed by atoms with Crippen LogP contribution in [-0.4, -0.2) is 41.9 Å². The summed E-state index contributed by atoms with van der Waals surface area (Å²) >= 11 is 11.9. The van der Waals surface area contributed by atoms with Gasteiger partial charge >= 0.3 is 6.03 Å². The monoisotopic (exact) mass is 313 g/mol. The second kappa shape index (κ2) is 4.64. The molecule has 0 aliphatic carbocycles. The van der Waals surface area contributed by atoms with Gasteiger partial charge in [0.25, 0.3) is 5.91 Å². The second-order valence-corrected chi connectivity index (χ2v) is 5.34. The highest BCUT2D eigenvalue weighted by atomic mass is 35.5. The number of hydrogen-bond donors (Lipinski definition) is 1. The Labute approximate surface area is 124 Å². The van der Waals surface area contributed by atoms with E-state index in [1.807, 2.05) is 0 Å². The van der Waals surface area contributed by atoms with E-state index in [1.165, 1.54) is 17.0 Å². The van der Waals surface area contributed by atoms with Gasteiger partial charge in [-0.25, -0.2) is 9.69 Å². The molecule has 0 unspecified atom stereocenters. The van der Waals surface area contributed by atoms with Crippen LogP contribution in [0.25, 0.3) is 0 Å². The Balaban J connectivity index is 2.02. The average molecular weight is 314 g/mol. The van der Waals surface area contributed by atoms with Crippen LogP contribution >= 0.6 is 23.2 Å². The molecule has 20 heavy (non-hydrogen) atoms. The minimum atomic E-state index is -0.685. The van der Waals surface area contributed by atoms with Crippen molar-refractivity contribution in [2.24, 2.45) is 0 Å². The van der Waals surface area contributed by atoms with Crippen LogP contribution in [0.4, 0.5) is 10.5 Å². The van der Waals surface area contributed by atoms with Crippen molar-refractivity contribution < 1.29 is 14.4 Å². The fraction of sp³-hybridized carbons (Fsp3) is 0.250. The predicted molar refractivity (Wildman–Crippen MR) is 72.8 cm³/mol. The molecule has 0 saturated carbocycles. The van der Waals surface area contributed by atoms with Gasteiger partial charge < -0.3 is 10.2 Å². The van der Waals surface area contributed by atoms with E-state index in [0.717, 1.165) is 4.90 Å². The number of hydrogen-bond acceptors (Lipinski definition) is 3. The molecule has 2 heterocycles. The summed E-state index contributed by atoms with van der Waals surface area (Å²) in [4.78, 5) is 38.2. The third-order valence-corrected chi connectivity index (χ3v) is 3.83. The topological polar surface area (TPSA) is 69.7 Å². The van der Waals surface area contributed by atoms with Crippen molar-refractivity contribution in [3.8, 4) is 0 Å². The maximum absolute atomic E-state index is 12.3. The lowest BCUT2D eigenvalue weighted by atomic mass is 10.2. The minimum Gasteiger partial charge on any atom is -0.352 e. The molecule has 1 aromatic carbocycles. The van der Waals surface area contributed by atoms with Crippen molar-refractivity contribution >= 4 is 46.7 Å².